The molecule has 19 heavy (non-hydrogen) atoms. The molecule has 0 fully saturated rings. The number of benzene rings is 1. The average Bonchev–Trinajstić information content (AvgIpc) is 2.87. The molecule has 1 N–H and O–H groups in total. The molecule has 0 spiro atoms. The fourth-order valence-electron chi connectivity index (χ4n) is 1.58. The Bertz CT molecular complexity index is 594. The van der Waals surface area contributed by atoms with Gasteiger partial charge < -0.3 is 5.32 Å². The lowest BCUT2D eigenvalue weighted by Gasteiger charge is -2.08. The largest absolute Gasteiger partial charge is 0.358 e. The molecule has 5 nitrogen and oxygen atoms in total. The van der Waals surface area contributed by atoms with Crippen molar-refractivity contribution in [1.29, 1.82) is 0 Å². The van der Waals surface area contributed by atoms with E-state index in [0.717, 1.165) is 5.69 Å². The summed E-state index contributed by atoms with van der Waals surface area (Å²) in [7, 11) is 1.62. The van der Waals surface area contributed by atoms with Gasteiger partial charge in [-0.3, -0.25) is 9.36 Å². The molecule has 2 aromatic rings. The van der Waals surface area contributed by atoms with E-state index in [4.69, 9.17) is 0 Å². The van der Waals surface area contributed by atoms with Gasteiger partial charge in [0.05, 0.1) is 5.75 Å². The van der Waals surface area contributed by atoms with E-state index in [1.807, 2.05) is 10.6 Å². The van der Waals surface area contributed by atoms with E-state index >= 15 is 0 Å². The summed E-state index contributed by atoms with van der Waals surface area (Å²) < 4.78 is 1.89. The number of thioether (sulfide) groups is 1. The fourth-order valence-corrected chi connectivity index (χ4v) is 2.38. The molecule has 0 aliphatic carbocycles. The van der Waals surface area contributed by atoms with Gasteiger partial charge in [0.15, 0.2) is 5.16 Å². The Balaban J connectivity index is 2.23. The molecule has 0 unspecified atom stereocenters. The van der Waals surface area contributed by atoms with Crippen molar-refractivity contribution in [3.63, 3.8) is 0 Å². The summed E-state index contributed by atoms with van der Waals surface area (Å²) in [6.07, 6.45) is 1.66. The van der Waals surface area contributed by atoms with E-state index in [1.54, 1.807) is 13.4 Å². The molecule has 0 saturated heterocycles. The minimum atomic E-state index is -0.0281. The van der Waals surface area contributed by atoms with E-state index in [-0.39, 0.29) is 5.91 Å². The highest BCUT2D eigenvalue weighted by Gasteiger charge is 2.09. The van der Waals surface area contributed by atoms with Crippen molar-refractivity contribution >= 4 is 17.7 Å². The highest BCUT2D eigenvalue weighted by Crippen LogP contribution is 2.21. The van der Waals surface area contributed by atoms with Crippen molar-refractivity contribution in [3.05, 3.63) is 35.7 Å². The number of carbonyl (C=O) groups excluding carboxylic acids is 1. The Morgan fingerprint density at radius 1 is 1.37 bits per heavy atom. The van der Waals surface area contributed by atoms with E-state index in [0.29, 0.717) is 10.9 Å². The Morgan fingerprint density at radius 3 is 2.84 bits per heavy atom. The molecule has 6 heteroatoms. The molecule has 1 aromatic heterocycles. The second-order valence-corrected chi connectivity index (χ2v) is 5.16. The van der Waals surface area contributed by atoms with Crippen LogP contribution in [-0.2, 0) is 4.79 Å². The number of nitrogens with one attached hydrogen (secondary N) is 1. The highest BCUT2D eigenvalue weighted by atomic mass is 32.2. The van der Waals surface area contributed by atoms with Crippen LogP contribution >= 0.6 is 11.8 Å². The van der Waals surface area contributed by atoms with Gasteiger partial charge in [-0.1, -0.05) is 17.8 Å². The van der Waals surface area contributed by atoms with Gasteiger partial charge >= 0.3 is 0 Å². The molecule has 100 valence electrons. The van der Waals surface area contributed by atoms with Crippen LogP contribution in [0.1, 0.15) is 11.1 Å². The molecule has 1 amide bonds. The lowest BCUT2D eigenvalue weighted by atomic mass is 10.1. The first-order chi connectivity index (χ1) is 9.11. The van der Waals surface area contributed by atoms with Crippen LogP contribution in [0, 0.1) is 13.8 Å². The first-order valence-electron chi connectivity index (χ1n) is 5.93. The van der Waals surface area contributed by atoms with Crippen LogP contribution in [0.5, 0.6) is 0 Å². The quantitative estimate of drug-likeness (QED) is 0.864. The number of rotatable bonds is 4. The minimum absolute atomic E-state index is 0.0281. The summed E-state index contributed by atoms with van der Waals surface area (Å²) in [5.74, 6) is 0.305. The molecule has 0 aliphatic heterocycles. The number of hydrogen-bond acceptors (Lipinski definition) is 4. The van der Waals surface area contributed by atoms with Crippen molar-refractivity contribution in [2.24, 2.45) is 0 Å². The van der Waals surface area contributed by atoms with Crippen LogP contribution < -0.4 is 5.32 Å². The standard InChI is InChI=1S/C13H16N4OS/c1-9-4-5-11(6-10(9)2)17-8-15-16-13(17)19-7-12(18)14-3/h4-6,8H,7H2,1-3H3,(H,14,18). The molecular formula is C13H16N4OS. The summed E-state index contributed by atoms with van der Waals surface area (Å²) in [4.78, 5) is 11.3. The summed E-state index contributed by atoms with van der Waals surface area (Å²) in [6, 6.07) is 6.18. The first kappa shape index (κ1) is 13.6. The van der Waals surface area contributed by atoms with Crippen LogP contribution in [0.25, 0.3) is 5.69 Å². The van der Waals surface area contributed by atoms with Gasteiger partial charge in [0, 0.05) is 12.7 Å². The van der Waals surface area contributed by atoms with E-state index in [1.165, 1.54) is 22.9 Å². The first-order valence-corrected chi connectivity index (χ1v) is 6.91. The van der Waals surface area contributed by atoms with Crippen LogP contribution in [0.2, 0.25) is 0 Å². The third-order valence-corrected chi connectivity index (χ3v) is 3.84. The lowest BCUT2D eigenvalue weighted by molar-refractivity contribution is -0.118. The van der Waals surface area contributed by atoms with E-state index < -0.39 is 0 Å². The van der Waals surface area contributed by atoms with Gasteiger partial charge in [-0.15, -0.1) is 10.2 Å². The second-order valence-electron chi connectivity index (χ2n) is 4.21. The normalized spacial score (nSPS) is 10.5. The summed E-state index contributed by atoms with van der Waals surface area (Å²) in [6.45, 7) is 4.15. The van der Waals surface area contributed by atoms with Crippen LogP contribution in [0.3, 0.4) is 0 Å². The van der Waals surface area contributed by atoms with Gasteiger partial charge in [0.1, 0.15) is 6.33 Å². The number of amides is 1. The summed E-state index contributed by atoms with van der Waals surface area (Å²) >= 11 is 1.37. The number of aryl methyl sites for hydroxylation is 2. The smallest absolute Gasteiger partial charge is 0.230 e. The number of aromatic nitrogens is 3. The zero-order valence-corrected chi connectivity index (χ0v) is 12.0. The predicted molar refractivity (Wildman–Crippen MR) is 75.6 cm³/mol. The molecular weight excluding hydrogens is 260 g/mol. The Hall–Kier alpha value is -1.82. The summed E-state index contributed by atoms with van der Waals surface area (Å²) in [5.41, 5.74) is 3.47. The van der Waals surface area contributed by atoms with E-state index in [2.05, 4.69) is 41.5 Å². The van der Waals surface area contributed by atoms with Gasteiger partial charge in [-0.05, 0) is 37.1 Å². The van der Waals surface area contributed by atoms with E-state index in [9.17, 15) is 4.79 Å². The van der Waals surface area contributed by atoms with Crippen LogP contribution in [-0.4, -0.2) is 33.5 Å². The lowest BCUT2D eigenvalue weighted by Crippen LogP contribution is -2.20. The number of hydrogen-bond donors (Lipinski definition) is 1. The van der Waals surface area contributed by atoms with Gasteiger partial charge in [-0.25, -0.2) is 0 Å². The molecule has 1 aromatic carbocycles. The van der Waals surface area contributed by atoms with Gasteiger partial charge in [0.25, 0.3) is 0 Å². The van der Waals surface area contributed by atoms with Crippen molar-refractivity contribution in [2.75, 3.05) is 12.8 Å². The SMILES string of the molecule is CNC(=O)CSc1nncn1-c1ccc(C)c(C)c1. The minimum Gasteiger partial charge on any atom is -0.358 e. The molecule has 0 bridgehead atoms. The second kappa shape index (κ2) is 5.88. The maximum absolute atomic E-state index is 11.3. The zero-order valence-electron chi connectivity index (χ0n) is 11.2. The molecule has 0 aliphatic rings. The third kappa shape index (κ3) is 3.14. The molecule has 2 rings (SSSR count). The van der Waals surface area contributed by atoms with Gasteiger partial charge in [0.2, 0.25) is 5.91 Å². The predicted octanol–water partition coefficient (Wildman–Crippen LogP) is 1.72. The van der Waals surface area contributed by atoms with Crippen LogP contribution in [0.4, 0.5) is 0 Å². The summed E-state index contributed by atoms with van der Waals surface area (Å²) in [5, 5.41) is 11.3. The van der Waals surface area contributed by atoms with Crippen molar-refractivity contribution in [1.82, 2.24) is 20.1 Å². The topological polar surface area (TPSA) is 59.8 Å². The van der Waals surface area contributed by atoms with Crippen molar-refractivity contribution < 1.29 is 4.79 Å². The van der Waals surface area contributed by atoms with Gasteiger partial charge in [-0.2, -0.15) is 0 Å². The molecule has 0 saturated carbocycles. The number of nitrogens with zero attached hydrogens (tertiary/aromatic N) is 3. The molecule has 0 radical (unpaired) electrons. The molecule has 0 atom stereocenters. The molecule has 1 heterocycles. The monoisotopic (exact) mass is 276 g/mol. The Morgan fingerprint density at radius 2 is 2.16 bits per heavy atom. The maximum Gasteiger partial charge on any atom is 0.230 e. The average molecular weight is 276 g/mol. The fraction of sp³-hybridized carbons (Fsp3) is 0.308. The Labute approximate surface area is 116 Å². The van der Waals surface area contributed by atoms with Crippen LogP contribution in [0.15, 0.2) is 29.7 Å². The van der Waals surface area contributed by atoms with Crippen molar-refractivity contribution in [3.8, 4) is 5.69 Å². The highest BCUT2D eigenvalue weighted by molar-refractivity contribution is 7.99. The zero-order chi connectivity index (χ0) is 13.8. The number of carbonyl (C=O) groups is 1. The maximum atomic E-state index is 11.3. The Kier molecular flexibility index (Phi) is 4.21. The third-order valence-electron chi connectivity index (χ3n) is 2.90. The van der Waals surface area contributed by atoms with Crippen molar-refractivity contribution in [2.45, 2.75) is 19.0 Å².